The molecule has 0 spiro atoms. The molecule has 158 valence electrons. The van der Waals surface area contributed by atoms with E-state index >= 15 is 0 Å². The van der Waals surface area contributed by atoms with Gasteiger partial charge in [-0.15, -0.1) is 0 Å². The van der Waals surface area contributed by atoms with E-state index < -0.39 is 40.5 Å². The third-order valence-corrected chi connectivity index (χ3v) is 5.93. The van der Waals surface area contributed by atoms with Crippen LogP contribution in [0.1, 0.15) is 23.5 Å². The highest BCUT2D eigenvalue weighted by molar-refractivity contribution is 7.88. The Balaban J connectivity index is 1.87. The number of fused-ring (bicyclic) bond motifs is 3. The van der Waals surface area contributed by atoms with E-state index in [1.54, 1.807) is 0 Å². The molecular formula is C20H19NO8S. The van der Waals surface area contributed by atoms with E-state index in [-0.39, 0.29) is 16.8 Å². The summed E-state index contributed by atoms with van der Waals surface area (Å²) < 4.78 is 29.3. The highest BCUT2D eigenvalue weighted by atomic mass is 32.2. The first-order valence-corrected chi connectivity index (χ1v) is 10.7. The molecular weight excluding hydrogens is 414 g/mol. The fourth-order valence-electron chi connectivity index (χ4n) is 3.59. The van der Waals surface area contributed by atoms with E-state index in [1.165, 1.54) is 0 Å². The monoisotopic (exact) mass is 433 g/mol. The fraction of sp³-hybridized carbons (Fsp3) is 0.250. The lowest BCUT2D eigenvalue weighted by molar-refractivity contribution is -0.147. The number of hydrogen-bond donors (Lipinski definition) is 2. The summed E-state index contributed by atoms with van der Waals surface area (Å²) in [6, 6.07) is 12.9. The van der Waals surface area contributed by atoms with E-state index in [4.69, 9.17) is 9.84 Å². The largest absolute Gasteiger partial charge is 0.481 e. The number of ether oxygens (including phenoxy) is 1. The van der Waals surface area contributed by atoms with Gasteiger partial charge in [0.15, 0.2) is 6.04 Å². The van der Waals surface area contributed by atoms with Crippen LogP contribution in [0.15, 0.2) is 48.5 Å². The zero-order chi connectivity index (χ0) is 22.1. The molecule has 1 aliphatic rings. The van der Waals surface area contributed by atoms with Crippen LogP contribution in [-0.2, 0) is 24.3 Å². The van der Waals surface area contributed by atoms with Gasteiger partial charge in [0, 0.05) is 5.92 Å². The Morgan fingerprint density at radius 1 is 1.00 bits per heavy atom. The summed E-state index contributed by atoms with van der Waals surface area (Å²) >= 11 is 0. The molecule has 9 nitrogen and oxygen atoms in total. The van der Waals surface area contributed by atoms with Crippen LogP contribution >= 0.6 is 0 Å². The Kier molecular flexibility index (Phi) is 5.79. The maximum atomic E-state index is 12.6. The Hall–Kier alpha value is -3.40. The number of rotatable bonds is 7. The first-order valence-electron chi connectivity index (χ1n) is 8.90. The number of carboxylic acid groups (broad SMARTS) is 2. The summed E-state index contributed by atoms with van der Waals surface area (Å²) in [6.45, 7) is -0.238. The van der Waals surface area contributed by atoms with Crippen molar-refractivity contribution >= 4 is 28.1 Å². The number of hydrogen-bond acceptors (Lipinski definition) is 6. The SMILES string of the molecule is CS(=O)(=O)N(C(=O)OCC1c2ccccc2-c2ccccc21)[C@@H](CC(=O)O)C(=O)O. The molecule has 2 aromatic rings. The minimum Gasteiger partial charge on any atom is -0.481 e. The van der Waals surface area contributed by atoms with Crippen molar-refractivity contribution in [3.05, 3.63) is 59.7 Å². The fourth-order valence-corrected chi connectivity index (χ4v) is 4.54. The number of amides is 1. The lowest BCUT2D eigenvalue weighted by atomic mass is 9.98. The van der Waals surface area contributed by atoms with Crippen molar-refractivity contribution < 1.29 is 37.8 Å². The van der Waals surface area contributed by atoms with Gasteiger partial charge in [0.25, 0.3) is 0 Å². The number of aliphatic carboxylic acids is 2. The van der Waals surface area contributed by atoms with E-state index in [9.17, 15) is 27.9 Å². The zero-order valence-electron chi connectivity index (χ0n) is 15.9. The second-order valence-electron chi connectivity index (χ2n) is 6.81. The van der Waals surface area contributed by atoms with Crippen LogP contribution in [0.4, 0.5) is 4.79 Å². The first kappa shape index (κ1) is 21.3. The molecule has 3 rings (SSSR count). The van der Waals surface area contributed by atoms with Crippen molar-refractivity contribution in [2.24, 2.45) is 0 Å². The molecule has 0 bridgehead atoms. The van der Waals surface area contributed by atoms with Crippen LogP contribution in [0.25, 0.3) is 11.1 Å². The number of carbonyl (C=O) groups is 3. The summed E-state index contributed by atoms with van der Waals surface area (Å²) in [5, 5.41) is 18.2. The van der Waals surface area contributed by atoms with Crippen LogP contribution in [0.2, 0.25) is 0 Å². The van der Waals surface area contributed by atoms with Crippen molar-refractivity contribution in [3.8, 4) is 11.1 Å². The van der Waals surface area contributed by atoms with Gasteiger partial charge in [0.2, 0.25) is 10.0 Å². The molecule has 1 amide bonds. The maximum Gasteiger partial charge on any atom is 0.424 e. The Morgan fingerprint density at radius 2 is 1.50 bits per heavy atom. The molecule has 2 N–H and O–H groups in total. The van der Waals surface area contributed by atoms with E-state index in [1.807, 2.05) is 48.5 Å². The van der Waals surface area contributed by atoms with Crippen molar-refractivity contribution in [3.63, 3.8) is 0 Å². The summed E-state index contributed by atoms with van der Waals surface area (Å²) in [4.78, 5) is 35.0. The van der Waals surface area contributed by atoms with Crippen molar-refractivity contribution in [1.29, 1.82) is 0 Å². The second-order valence-corrected chi connectivity index (χ2v) is 8.67. The molecule has 0 aliphatic heterocycles. The molecule has 10 heteroatoms. The summed E-state index contributed by atoms with van der Waals surface area (Å²) in [7, 11) is -4.41. The second kappa shape index (κ2) is 8.15. The minimum atomic E-state index is -4.41. The van der Waals surface area contributed by atoms with Crippen LogP contribution in [0, 0.1) is 0 Å². The summed E-state index contributed by atoms with van der Waals surface area (Å²) in [6.07, 6.45) is -1.91. The van der Waals surface area contributed by atoms with Gasteiger partial charge in [-0.3, -0.25) is 4.79 Å². The Bertz CT molecular complexity index is 1070. The highest BCUT2D eigenvalue weighted by Gasteiger charge is 2.40. The number of carbonyl (C=O) groups excluding carboxylic acids is 1. The normalized spacial score (nSPS) is 13.8. The van der Waals surface area contributed by atoms with Gasteiger partial charge >= 0.3 is 18.0 Å². The molecule has 1 atom stereocenters. The van der Waals surface area contributed by atoms with Gasteiger partial charge in [0.05, 0.1) is 12.7 Å². The topological polar surface area (TPSA) is 138 Å². The Morgan fingerprint density at radius 3 is 1.93 bits per heavy atom. The number of sulfonamides is 1. The van der Waals surface area contributed by atoms with Crippen molar-refractivity contribution in [1.82, 2.24) is 4.31 Å². The van der Waals surface area contributed by atoms with Gasteiger partial charge in [0.1, 0.15) is 6.61 Å². The predicted octanol–water partition coefficient (Wildman–Crippen LogP) is 2.12. The third kappa shape index (κ3) is 4.13. The number of benzene rings is 2. The smallest absolute Gasteiger partial charge is 0.424 e. The minimum absolute atomic E-state index is 0.0315. The van der Waals surface area contributed by atoms with Gasteiger partial charge in [-0.05, 0) is 22.3 Å². The molecule has 30 heavy (non-hydrogen) atoms. The van der Waals surface area contributed by atoms with E-state index in [2.05, 4.69) is 0 Å². The van der Waals surface area contributed by atoms with Gasteiger partial charge in [-0.25, -0.2) is 18.0 Å². The van der Waals surface area contributed by atoms with E-state index in [0.29, 0.717) is 6.26 Å². The molecule has 0 fully saturated rings. The molecule has 0 saturated heterocycles. The molecule has 2 aromatic carbocycles. The highest BCUT2D eigenvalue weighted by Crippen LogP contribution is 2.44. The van der Waals surface area contributed by atoms with Crippen LogP contribution in [0.3, 0.4) is 0 Å². The Labute approximate surface area is 172 Å². The molecule has 0 unspecified atom stereocenters. The standard InChI is InChI=1S/C20H19NO8S/c1-30(27,28)21(17(19(24)25)10-18(22)23)20(26)29-11-16-14-8-4-2-6-12(14)13-7-3-5-9-15(13)16/h2-9,16-17H,10-11H2,1H3,(H,22,23)(H,24,25)/t17-/m0/s1. The predicted molar refractivity (Wildman–Crippen MR) is 105 cm³/mol. The lowest BCUT2D eigenvalue weighted by Crippen LogP contribution is -2.49. The number of nitrogens with zero attached hydrogens (tertiary/aromatic N) is 1. The van der Waals surface area contributed by atoms with Crippen molar-refractivity contribution in [2.45, 2.75) is 18.4 Å². The average molecular weight is 433 g/mol. The average Bonchev–Trinajstić information content (AvgIpc) is 2.98. The molecule has 0 saturated carbocycles. The first-order chi connectivity index (χ1) is 14.1. The molecule has 0 radical (unpaired) electrons. The molecule has 0 heterocycles. The van der Waals surface area contributed by atoms with Crippen molar-refractivity contribution in [2.75, 3.05) is 12.9 Å². The van der Waals surface area contributed by atoms with Crippen LogP contribution in [0.5, 0.6) is 0 Å². The van der Waals surface area contributed by atoms with Gasteiger partial charge in [-0.1, -0.05) is 48.5 Å². The maximum absolute atomic E-state index is 12.6. The van der Waals surface area contributed by atoms with E-state index in [0.717, 1.165) is 22.3 Å². The summed E-state index contributed by atoms with van der Waals surface area (Å²) in [5.41, 5.74) is 3.70. The van der Waals surface area contributed by atoms with Crippen LogP contribution in [-0.4, -0.2) is 59.9 Å². The lowest BCUT2D eigenvalue weighted by Gasteiger charge is -2.26. The third-order valence-electron chi connectivity index (χ3n) is 4.81. The van der Waals surface area contributed by atoms with Gasteiger partial charge in [-0.2, -0.15) is 4.31 Å². The summed E-state index contributed by atoms with van der Waals surface area (Å²) in [5.74, 6) is -3.70. The quantitative estimate of drug-likeness (QED) is 0.677. The molecule has 0 aromatic heterocycles. The molecule has 1 aliphatic carbocycles. The zero-order valence-corrected chi connectivity index (χ0v) is 16.7. The van der Waals surface area contributed by atoms with Crippen LogP contribution < -0.4 is 0 Å². The number of carboxylic acids is 2. The van der Waals surface area contributed by atoms with Gasteiger partial charge < -0.3 is 14.9 Å².